The highest BCUT2D eigenvalue weighted by molar-refractivity contribution is 5.89. The van der Waals surface area contributed by atoms with Gasteiger partial charge in [0.15, 0.2) is 0 Å². The molecule has 104 valence electrons. The molecule has 6 heteroatoms. The van der Waals surface area contributed by atoms with Crippen LogP contribution in [0.15, 0.2) is 24.3 Å². The van der Waals surface area contributed by atoms with E-state index in [0.717, 1.165) is 0 Å². The summed E-state index contributed by atoms with van der Waals surface area (Å²) in [6.45, 7) is -1.38. The van der Waals surface area contributed by atoms with Gasteiger partial charge in [0.2, 0.25) is 0 Å². The Labute approximate surface area is 109 Å². The zero-order chi connectivity index (χ0) is 14.3. The molecule has 0 atom stereocenters. The lowest BCUT2D eigenvalue weighted by Crippen LogP contribution is -2.08. The zero-order valence-electron chi connectivity index (χ0n) is 10.4. The first-order valence-corrected chi connectivity index (χ1v) is 5.70. The van der Waals surface area contributed by atoms with Gasteiger partial charge in [0, 0.05) is 6.42 Å². The molecule has 0 unspecified atom stereocenters. The molecule has 0 heterocycles. The molecule has 0 saturated heterocycles. The molecule has 0 aromatic heterocycles. The van der Waals surface area contributed by atoms with E-state index < -0.39 is 12.6 Å². The van der Waals surface area contributed by atoms with Gasteiger partial charge in [0.1, 0.15) is 11.5 Å². The van der Waals surface area contributed by atoms with E-state index in [1.165, 1.54) is 31.2 Å². The molecule has 0 aliphatic carbocycles. The van der Waals surface area contributed by atoms with Crippen LogP contribution in [-0.4, -0.2) is 25.0 Å². The van der Waals surface area contributed by atoms with E-state index in [4.69, 9.17) is 4.74 Å². The van der Waals surface area contributed by atoms with Crippen molar-refractivity contribution in [1.82, 2.24) is 0 Å². The Kier molecular flexibility index (Phi) is 5.92. The number of halogens is 2. The van der Waals surface area contributed by atoms with E-state index in [1.54, 1.807) is 0 Å². The molecule has 0 bridgehead atoms. The van der Waals surface area contributed by atoms with E-state index in [0.29, 0.717) is 12.8 Å². The van der Waals surface area contributed by atoms with Gasteiger partial charge in [-0.3, -0.25) is 0 Å². The fraction of sp³-hybridized carbons (Fsp3) is 0.385. The number of hydrogen-bond acceptors (Lipinski definition) is 4. The molecule has 0 aliphatic rings. The second-order valence-electron chi connectivity index (χ2n) is 3.85. The Bertz CT molecular complexity index is 446. The van der Waals surface area contributed by atoms with Gasteiger partial charge in [0.25, 0.3) is 0 Å². The average Bonchev–Trinajstić information content (AvgIpc) is 2.33. The van der Waals surface area contributed by atoms with Gasteiger partial charge in [0.05, 0.1) is 12.2 Å². The predicted molar refractivity (Wildman–Crippen MR) is 63.3 cm³/mol. The van der Waals surface area contributed by atoms with E-state index >= 15 is 0 Å². The van der Waals surface area contributed by atoms with Crippen molar-refractivity contribution in [1.29, 1.82) is 0 Å². The van der Waals surface area contributed by atoms with Crippen LogP contribution in [0.3, 0.4) is 0 Å². The Balaban J connectivity index is 2.49. The summed E-state index contributed by atoms with van der Waals surface area (Å²) in [5, 5.41) is 0. The van der Waals surface area contributed by atoms with Gasteiger partial charge in [-0.1, -0.05) is 6.07 Å². The smallest absolute Gasteiger partial charge is 0.387 e. The maximum absolute atomic E-state index is 12.0. The maximum atomic E-state index is 12.0. The van der Waals surface area contributed by atoms with Crippen molar-refractivity contribution in [2.24, 2.45) is 0 Å². The van der Waals surface area contributed by atoms with Crippen LogP contribution in [-0.2, 0) is 9.53 Å². The van der Waals surface area contributed by atoms with Crippen LogP contribution < -0.4 is 4.74 Å². The fourth-order valence-corrected chi connectivity index (χ4v) is 1.37. The summed E-state index contributed by atoms with van der Waals surface area (Å²) in [5.41, 5.74) is 0.126. The van der Waals surface area contributed by atoms with E-state index in [2.05, 4.69) is 4.74 Å². The topological polar surface area (TPSA) is 52.6 Å². The lowest BCUT2D eigenvalue weighted by molar-refractivity contribution is -0.117. The minimum atomic E-state index is -2.94. The van der Waals surface area contributed by atoms with Crippen molar-refractivity contribution in [3.63, 3.8) is 0 Å². The molecule has 0 radical (unpaired) electrons. The summed E-state index contributed by atoms with van der Waals surface area (Å²) in [7, 11) is 0. The van der Waals surface area contributed by atoms with Crippen LogP contribution >= 0.6 is 0 Å². The minimum Gasteiger partial charge on any atom is -0.462 e. The second kappa shape index (κ2) is 7.45. The van der Waals surface area contributed by atoms with Gasteiger partial charge < -0.3 is 14.3 Å². The number of ether oxygens (including phenoxy) is 2. The first-order chi connectivity index (χ1) is 8.99. The van der Waals surface area contributed by atoms with Crippen molar-refractivity contribution in [3.05, 3.63) is 29.8 Å². The van der Waals surface area contributed by atoms with Crippen molar-refractivity contribution in [2.75, 3.05) is 6.61 Å². The highest BCUT2D eigenvalue weighted by Crippen LogP contribution is 2.16. The molecule has 0 fully saturated rings. The molecule has 19 heavy (non-hydrogen) atoms. The van der Waals surface area contributed by atoms with Gasteiger partial charge in [-0.25, -0.2) is 4.79 Å². The van der Waals surface area contributed by atoms with Gasteiger partial charge >= 0.3 is 12.6 Å². The Morgan fingerprint density at radius 2 is 2.05 bits per heavy atom. The zero-order valence-corrected chi connectivity index (χ0v) is 10.4. The summed E-state index contributed by atoms with van der Waals surface area (Å²) in [4.78, 5) is 22.3. The van der Waals surface area contributed by atoms with Crippen LogP contribution in [0.4, 0.5) is 8.78 Å². The summed E-state index contributed by atoms with van der Waals surface area (Å²) in [5.74, 6) is -0.722. The molecule has 0 N–H and O–H groups in total. The van der Waals surface area contributed by atoms with Crippen LogP contribution in [0.5, 0.6) is 5.75 Å². The predicted octanol–water partition coefficient (Wildman–Crippen LogP) is 2.81. The minimum absolute atomic E-state index is 0.0170. The number of rotatable bonds is 7. The lowest BCUT2D eigenvalue weighted by atomic mass is 10.2. The molecule has 1 aromatic carbocycles. The normalized spacial score (nSPS) is 10.3. The molecule has 1 rings (SSSR count). The number of hydrogen-bond donors (Lipinski definition) is 0. The Hall–Kier alpha value is -1.98. The third-order valence-corrected chi connectivity index (χ3v) is 2.20. The first-order valence-electron chi connectivity index (χ1n) is 5.70. The van der Waals surface area contributed by atoms with E-state index in [9.17, 15) is 18.4 Å². The summed E-state index contributed by atoms with van der Waals surface area (Å²) in [6, 6.07) is 5.35. The van der Waals surface area contributed by atoms with Crippen LogP contribution in [0.2, 0.25) is 0 Å². The molecule has 1 aromatic rings. The number of esters is 1. The first kappa shape index (κ1) is 15.1. The molecular weight excluding hydrogens is 258 g/mol. The van der Waals surface area contributed by atoms with Crippen LogP contribution in [0.1, 0.15) is 30.1 Å². The van der Waals surface area contributed by atoms with Crippen molar-refractivity contribution >= 4 is 11.8 Å². The maximum Gasteiger partial charge on any atom is 0.387 e. The SMILES string of the molecule is CC(=O)CCCOC(=O)c1cccc(OC(F)F)c1. The van der Waals surface area contributed by atoms with E-state index in [1.807, 2.05) is 0 Å². The van der Waals surface area contributed by atoms with Crippen molar-refractivity contribution in [2.45, 2.75) is 26.4 Å². The third-order valence-electron chi connectivity index (χ3n) is 2.20. The summed E-state index contributed by atoms with van der Waals surface area (Å²) >= 11 is 0. The largest absolute Gasteiger partial charge is 0.462 e. The number of carbonyl (C=O) groups is 2. The molecule has 0 amide bonds. The number of carbonyl (C=O) groups excluding carboxylic acids is 2. The number of Topliss-reactive ketones (excluding diaryl/α,β-unsaturated/α-hetero) is 1. The number of alkyl halides is 2. The highest BCUT2D eigenvalue weighted by Gasteiger charge is 2.10. The van der Waals surface area contributed by atoms with Crippen molar-refractivity contribution in [3.8, 4) is 5.75 Å². The van der Waals surface area contributed by atoms with Crippen LogP contribution in [0, 0.1) is 0 Å². The molecule has 0 saturated carbocycles. The monoisotopic (exact) mass is 272 g/mol. The molecule has 4 nitrogen and oxygen atoms in total. The number of benzene rings is 1. The summed E-state index contributed by atoms with van der Waals surface area (Å²) in [6.07, 6.45) is 0.774. The van der Waals surface area contributed by atoms with E-state index in [-0.39, 0.29) is 23.7 Å². The van der Waals surface area contributed by atoms with Crippen LogP contribution in [0.25, 0.3) is 0 Å². The quantitative estimate of drug-likeness (QED) is 0.565. The number of ketones is 1. The van der Waals surface area contributed by atoms with Gasteiger partial charge in [-0.15, -0.1) is 0 Å². The van der Waals surface area contributed by atoms with Gasteiger partial charge in [-0.05, 0) is 31.5 Å². The Morgan fingerprint density at radius 3 is 2.68 bits per heavy atom. The molecule has 0 spiro atoms. The molecular formula is C13H14F2O4. The highest BCUT2D eigenvalue weighted by atomic mass is 19.3. The second-order valence-corrected chi connectivity index (χ2v) is 3.85. The lowest BCUT2D eigenvalue weighted by Gasteiger charge is -2.07. The summed E-state index contributed by atoms with van der Waals surface area (Å²) < 4.78 is 33.1. The molecule has 0 aliphatic heterocycles. The van der Waals surface area contributed by atoms with Crippen molar-refractivity contribution < 1.29 is 27.8 Å². The average molecular weight is 272 g/mol. The standard InChI is InChI=1S/C13H14F2O4/c1-9(16)4-3-7-18-12(17)10-5-2-6-11(8-10)19-13(14)15/h2,5-6,8,13H,3-4,7H2,1H3. The third kappa shape index (κ3) is 5.94. The fourth-order valence-electron chi connectivity index (χ4n) is 1.37. The van der Waals surface area contributed by atoms with Gasteiger partial charge in [-0.2, -0.15) is 8.78 Å². The Morgan fingerprint density at radius 1 is 1.32 bits per heavy atom.